The second-order valence-electron chi connectivity index (χ2n) is 7.72. The molecule has 1 aliphatic carbocycles. The Hall–Kier alpha value is 0.653. The van der Waals surface area contributed by atoms with Crippen LogP contribution in [0.15, 0.2) is 53.1 Å². The van der Waals surface area contributed by atoms with Crippen LogP contribution in [0.5, 0.6) is 0 Å². The van der Waals surface area contributed by atoms with E-state index in [4.69, 9.17) is 0 Å². The fourth-order valence-electron chi connectivity index (χ4n) is 3.21. The summed E-state index contributed by atoms with van der Waals surface area (Å²) in [5.41, 5.74) is 5.86. The van der Waals surface area contributed by atoms with Gasteiger partial charge in [0.1, 0.15) is 0 Å². The molecule has 0 unspecified atom stereocenters. The summed E-state index contributed by atoms with van der Waals surface area (Å²) >= 11 is 0. The van der Waals surface area contributed by atoms with E-state index in [-0.39, 0.29) is 79.6 Å². The second kappa shape index (κ2) is 12.3. The summed E-state index contributed by atoms with van der Waals surface area (Å²) in [6.07, 6.45) is 4.62. The molecule has 0 saturated carbocycles. The molecule has 0 N–H and O–H groups in total. The number of fused-ring (bicyclic) bond motifs is 1. The Bertz CT molecular complexity index is 715. The van der Waals surface area contributed by atoms with Crippen LogP contribution in [0.25, 0.3) is 10.8 Å². The predicted molar refractivity (Wildman–Crippen MR) is 103 cm³/mol. The molecule has 0 radical (unpaired) electrons. The molecule has 3 heteroatoms. The average Bonchev–Trinajstić information content (AvgIpc) is 2.93. The molecule has 1 aliphatic rings. The van der Waals surface area contributed by atoms with Gasteiger partial charge in [0, 0.05) is 0 Å². The van der Waals surface area contributed by atoms with Crippen molar-refractivity contribution in [2.24, 2.45) is 11.3 Å². The number of hydrogen-bond acceptors (Lipinski definition) is 0. The van der Waals surface area contributed by atoms with Gasteiger partial charge in [-0.05, 0) is 12.3 Å². The number of allylic oxidation sites excluding steroid dienone is 4. The van der Waals surface area contributed by atoms with E-state index < -0.39 is 0 Å². The van der Waals surface area contributed by atoms with Gasteiger partial charge in [-0.1, -0.05) is 53.0 Å². The summed E-state index contributed by atoms with van der Waals surface area (Å²) in [6.45, 7) is 15.4. The number of rotatable bonds is 2. The quantitative estimate of drug-likeness (QED) is 0.335. The van der Waals surface area contributed by atoms with Crippen LogP contribution in [0.2, 0.25) is 0 Å². The van der Waals surface area contributed by atoms with Crippen LogP contribution in [0.4, 0.5) is 0 Å². The van der Waals surface area contributed by atoms with E-state index in [0.717, 1.165) is 5.92 Å². The standard InChI is InChI=1S/C13H15.C10H15.2HI.Zr/c1-10(2)7-11-8-12-5-3-4-6-13(12)9-11;1-7-6-10(4,5)9(3)8(7)2;;;/h3-6,8-10H,7H2,1-2H3;1-5H3;2*1H;/q2*-1;;;+4/p-2. The minimum atomic E-state index is 0. The third-order valence-corrected chi connectivity index (χ3v) is 4.88. The first-order chi connectivity index (χ1) is 10.7. The van der Waals surface area contributed by atoms with Gasteiger partial charge in [-0.25, -0.2) is 5.57 Å². The normalized spacial score (nSPS) is 14.7. The Morgan fingerprint density at radius 1 is 1.04 bits per heavy atom. The Morgan fingerprint density at radius 3 is 2.00 bits per heavy atom. The predicted octanol–water partition coefficient (Wildman–Crippen LogP) is 0.875. The fourth-order valence-corrected chi connectivity index (χ4v) is 3.21. The zero-order chi connectivity index (χ0) is 17.2. The van der Waals surface area contributed by atoms with Crippen molar-refractivity contribution in [3.63, 3.8) is 0 Å². The van der Waals surface area contributed by atoms with Crippen molar-refractivity contribution in [3.8, 4) is 0 Å². The number of hydrogen-bond donors (Lipinski definition) is 0. The number of halogens is 2. The molecule has 0 nitrogen and oxygen atoms in total. The molecule has 2 aromatic rings. The Labute approximate surface area is 213 Å². The van der Waals surface area contributed by atoms with Crippen LogP contribution in [0, 0.1) is 17.4 Å². The van der Waals surface area contributed by atoms with E-state index in [0.29, 0.717) is 0 Å². The SMILES string of the molecule is CC(C)Cc1cc2ccccc2[cH-]1.CC1=[C-]C(C)(C)C(C)=C1C.[I-].[I-].[Zr+4]. The molecule has 26 heavy (non-hydrogen) atoms. The summed E-state index contributed by atoms with van der Waals surface area (Å²) < 4.78 is 0. The van der Waals surface area contributed by atoms with Crippen molar-refractivity contribution >= 4 is 10.8 Å². The van der Waals surface area contributed by atoms with Crippen LogP contribution in [-0.4, -0.2) is 0 Å². The zero-order valence-corrected chi connectivity index (χ0v) is 23.8. The van der Waals surface area contributed by atoms with Gasteiger partial charge >= 0.3 is 26.2 Å². The van der Waals surface area contributed by atoms with Gasteiger partial charge < -0.3 is 48.0 Å². The van der Waals surface area contributed by atoms with E-state index in [1.54, 1.807) is 0 Å². The van der Waals surface area contributed by atoms with Crippen LogP contribution >= 0.6 is 0 Å². The molecule has 140 valence electrons. The average molecular weight is 652 g/mol. The smallest absolute Gasteiger partial charge is 1.00 e. The van der Waals surface area contributed by atoms with E-state index in [2.05, 4.69) is 90.9 Å². The number of benzene rings is 1. The van der Waals surface area contributed by atoms with Gasteiger partial charge in [0.25, 0.3) is 0 Å². The first-order valence-corrected chi connectivity index (χ1v) is 8.65. The molecule has 3 rings (SSSR count). The van der Waals surface area contributed by atoms with Crippen LogP contribution in [0.1, 0.15) is 54.0 Å². The van der Waals surface area contributed by atoms with Gasteiger partial charge in [0.15, 0.2) is 0 Å². The summed E-state index contributed by atoms with van der Waals surface area (Å²) in [5, 5.41) is 2.75. The molecule has 0 atom stereocenters. The van der Waals surface area contributed by atoms with E-state index in [9.17, 15) is 0 Å². The molecule has 2 aromatic carbocycles. The maximum Gasteiger partial charge on any atom is 4.00 e. The van der Waals surface area contributed by atoms with Gasteiger partial charge in [-0.2, -0.15) is 17.2 Å². The van der Waals surface area contributed by atoms with Crippen molar-refractivity contribution < 1.29 is 74.2 Å². The van der Waals surface area contributed by atoms with Crippen molar-refractivity contribution in [2.75, 3.05) is 0 Å². The molecule has 0 aromatic heterocycles. The first kappa shape index (κ1) is 28.9. The monoisotopic (exact) mass is 650 g/mol. The van der Waals surface area contributed by atoms with Crippen molar-refractivity contribution in [2.45, 2.75) is 54.9 Å². The molecular weight excluding hydrogens is 621 g/mol. The maximum absolute atomic E-state index is 3.44. The second-order valence-corrected chi connectivity index (χ2v) is 7.72. The van der Waals surface area contributed by atoms with Crippen molar-refractivity contribution in [1.82, 2.24) is 0 Å². The van der Waals surface area contributed by atoms with E-state index >= 15 is 0 Å². The third kappa shape index (κ3) is 7.58. The first-order valence-electron chi connectivity index (χ1n) is 8.65. The maximum atomic E-state index is 3.44. The van der Waals surface area contributed by atoms with E-state index in [1.165, 1.54) is 39.5 Å². The van der Waals surface area contributed by atoms with E-state index in [1.807, 2.05) is 0 Å². The van der Waals surface area contributed by atoms with Crippen LogP contribution in [0.3, 0.4) is 0 Å². The molecule has 0 heterocycles. The molecule has 0 amide bonds. The molecular formula is C23H30I2Zr. The van der Waals surface area contributed by atoms with Gasteiger partial charge in [0.2, 0.25) is 0 Å². The summed E-state index contributed by atoms with van der Waals surface area (Å²) in [7, 11) is 0. The van der Waals surface area contributed by atoms with Gasteiger partial charge in [0.05, 0.1) is 0 Å². The Kier molecular flexibility index (Phi) is 13.6. The Morgan fingerprint density at radius 2 is 1.62 bits per heavy atom. The molecule has 0 saturated heterocycles. The van der Waals surface area contributed by atoms with Crippen LogP contribution < -0.4 is 48.0 Å². The molecule has 0 fully saturated rings. The summed E-state index contributed by atoms with van der Waals surface area (Å²) in [6, 6.07) is 13.2. The largest absolute Gasteiger partial charge is 4.00 e. The third-order valence-electron chi connectivity index (χ3n) is 4.88. The topological polar surface area (TPSA) is 0 Å². The van der Waals surface area contributed by atoms with Gasteiger partial charge in [-0.3, -0.25) is 6.08 Å². The van der Waals surface area contributed by atoms with Crippen LogP contribution in [-0.2, 0) is 32.6 Å². The van der Waals surface area contributed by atoms with Crippen molar-refractivity contribution in [3.05, 3.63) is 64.8 Å². The molecule has 0 spiro atoms. The minimum Gasteiger partial charge on any atom is -1.00 e. The fraction of sp³-hybridized carbons (Fsp3) is 0.435. The minimum absolute atomic E-state index is 0. The molecule has 0 aliphatic heterocycles. The summed E-state index contributed by atoms with van der Waals surface area (Å²) in [4.78, 5) is 0. The zero-order valence-electron chi connectivity index (χ0n) is 17.0. The van der Waals surface area contributed by atoms with Crippen molar-refractivity contribution in [1.29, 1.82) is 0 Å². The summed E-state index contributed by atoms with van der Waals surface area (Å²) in [5.74, 6) is 0.747. The molecule has 0 bridgehead atoms. The Balaban J connectivity index is 0. The van der Waals surface area contributed by atoms with Gasteiger partial charge in [-0.15, -0.1) is 47.5 Å².